The molecule has 0 spiro atoms. The summed E-state index contributed by atoms with van der Waals surface area (Å²) in [6.07, 6.45) is 0.244. The van der Waals surface area contributed by atoms with Crippen molar-refractivity contribution in [3.05, 3.63) is 20.8 Å². The Hall–Kier alpha value is -1.80. The molecule has 118 valence electrons. The van der Waals surface area contributed by atoms with Crippen LogP contribution in [-0.4, -0.2) is 47.6 Å². The highest BCUT2D eigenvalue weighted by Gasteiger charge is 2.28. The van der Waals surface area contributed by atoms with Crippen LogP contribution >= 0.6 is 0 Å². The summed E-state index contributed by atoms with van der Waals surface area (Å²) in [5.41, 5.74) is 5.18. The van der Waals surface area contributed by atoms with Crippen LogP contribution in [0, 0.1) is 5.92 Å². The molecule has 8 nitrogen and oxygen atoms in total. The van der Waals surface area contributed by atoms with Gasteiger partial charge in [0.15, 0.2) is 0 Å². The first-order chi connectivity index (χ1) is 9.95. The molecular formula is C13H22N4O4. The van der Waals surface area contributed by atoms with Gasteiger partial charge < -0.3 is 20.5 Å². The van der Waals surface area contributed by atoms with Crippen molar-refractivity contribution in [2.75, 3.05) is 37.4 Å². The number of aromatic amines is 1. The van der Waals surface area contributed by atoms with Gasteiger partial charge in [0.1, 0.15) is 11.5 Å². The van der Waals surface area contributed by atoms with Gasteiger partial charge in [-0.15, -0.1) is 0 Å². The summed E-state index contributed by atoms with van der Waals surface area (Å²) in [5, 5.41) is 9.97. The van der Waals surface area contributed by atoms with Crippen LogP contribution in [0.4, 0.5) is 11.5 Å². The molecule has 2 unspecified atom stereocenters. The van der Waals surface area contributed by atoms with Gasteiger partial charge in [-0.05, 0) is 12.3 Å². The van der Waals surface area contributed by atoms with Gasteiger partial charge >= 0.3 is 5.69 Å². The first kappa shape index (κ1) is 15.6. The normalized spacial score (nSPS) is 22.5. The second kappa shape index (κ2) is 6.31. The van der Waals surface area contributed by atoms with Gasteiger partial charge in [-0.3, -0.25) is 14.3 Å². The number of piperidine rings is 1. The zero-order valence-corrected chi connectivity index (χ0v) is 12.3. The molecule has 21 heavy (non-hydrogen) atoms. The number of hydrogen-bond donors (Lipinski definition) is 3. The number of nitrogens with one attached hydrogen (secondary N) is 1. The van der Waals surface area contributed by atoms with E-state index in [1.807, 2.05) is 6.92 Å². The minimum Gasteiger partial charge on any atom is -0.391 e. The summed E-state index contributed by atoms with van der Waals surface area (Å²) in [7, 11) is 1.52. The Morgan fingerprint density at radius 3 is 2.81 bits per heavy atom. The standard InChI is InChI=1S/C13H22N4O4/c1-8-3-4-16(7-9(8)18)10-11(14)17(5-6-21-2)13(20)15-12(10)19/h8-9,18H,3-7,14H2,1-2H3,(H,15,19,20). The Morgan fingerprint density at radius 1 is 1.48 bits per heavy atom. The Balaban J connectivity index is 2.39. The van der Waals surface area contributed by atoms with E-state index < -0.39 is 17.4 Å². The molecule has 8 heteroatoms. The van der Waals surface area contributed by atoms with E-state index in [1.165, 1.54) is 11.7 Å². The van der Waals surface area contributed by atoms with E-state index in [4.69, 9.17) is 10.5 Å². The van der Waals surface area contributed by atoms with Crippen molar-refractivity contribution in [1.82, 2.24) is 9.55 Å². The summed E-state index contributed by atoms with van der Waals surface area (Å²) in [6, 6.07) is 0. The molecule has 2 atom stereocenters. The van der Waals surface area contributed by atoms with E-state index >= 15 is 0 Å². The number of rotatable bonds is 4. The third kappa shape index (κ3) is 3.11. The van der Waals surface area contributed by atoms with Gasteiger partial charge in [-0.1, -0.05) is 6.92 Å². The van der Waals surface area contributed by atoms with Gasteiger partial charge in [0.05, 0.1) is 19.3 Å². The highest BCUT2D eigenvalue weighted by atomic mass is 16.5. The third-order valence-electron chi connectivity index (χ3n) is 3.97. The van der Waals surface area contributed by atoms with E-state index in [2.05, 4.69) is 4.98 Å². The lowest BCUT2D eigenvalue weighted by Crippen LogP contribution is -2.47. The SMILES string of the molecule is COCCn1c(N)c(N2CCC(C)C(O)C2)c(=O)[nH]c1=O. The van der Waals surface area contributed by atoms with Crippen LogP contribution < -0.4 is 21.9 Å². The smallest absolute Gasteiger partial charge is 0.330 e. The Labute approximate surface area is 122 Å². The first-order valence-electron chi connectivity index (χ1n) is 7.00. The van der Waals surface area contributed by atoms with Crippen LogP contribution in [0.2, 0.25) is 0 Å². The fraction of sp³-hybridized carbons (Fsp3) is 0.692. The number of nitrogen functional groups attached to an aromatic ring is 1. The van der Waals surface area contributed by atoms with E-state index in [1.54, 1.807) is 4.90 Å². The Morgan fingerprint density at radius 2 is 2.19 bits per heavy atom. The monoisotopic (exact) mass is 298 g/mol. The quantitative estimate of drug-likeness (QED) is 0.655. The van der Waals surface area contributed by atoms with Crippen LogP contribution in [0.15, 0.2) is 9.59 Å². The average Bonchev–Trinajstić information content (AvgIpc) is 2.42. The van der Waals surface area contributed by atoms with E-state index in [9.17, 15) is 14.7 Å². The minimum atomic E-state index is -0.552. The number of methoxy groups -OCH3 is 1. The van der Waals surface area contributed by atoms with Crippen molar-refractivity contribution in [3.63, 3.8) is 0 Å². The van der Waals surface area contributed by atoms with Gasteiger partial charge in [-0.25, -0.2) is 4.79 Å². The van der Waals surface area contributed by atoms with Crippen LogP contribution in [0.3, 0.4) is 0 Å². The fourth-order valence-corrected chi connectivity index (χ4v) is 2.54. The van der Waals surface area contributed by atoms with Crippen molar-refractivity contribution >= 4 is 11.5 Å². The maximum Gasteiger partial charge on any atom is 0.330 e. The number of aromatic nitrogens is 2. The van der Waals surface area contributed by atoms with Crippen LogP contribution in [-0.2, 0) is 11.3 Å². The second-order valence-electron chi connectivity index (χ2n) is 5.42. The summed E-state index contributed by atoms with van der Waals surface area (Å²) in [5.74, 6) is 0.295. The summed E-state index contributed by atoms with van der Waals surface area (Å²) < 4.78 is 6.22. The molecule has 2 heterocycles. The first-order valence-corrected chi connectivity index (χ1v) is 7.00. The predicted molar refractivity (Wildman–Crippen MR) is 79.6 cm³/mol. The largest absolute Gasteiger partial charge is 0.391 e. The highest BCUT2D eigenvalue weighted by molar-refractivity contribution is 5.62. The lowest BCUT2D eigenvalue weighted by atomic mass is 9.96. The van der Waals surface area contributed by atoms with Crippen LogP contribution in [0.25, 0.3) is 0 Å². The Bertz CT molecular complexity index is 609. The third-order valence-corrected chi connectivity index (χ3v) is 3.97. The van der Waals surface area contributed by atoms with Crippen molar-refractivity contribution in [1.29, 1.82) is 0 Å². The molecule has 0 amide bonds. The summed E-state index contributed by atoms with van der Waals surface area (Å²) >= 11 is 0. The van der Waals surface area contributed by atoms with E-state index in [0.29, 0.717) is 19.7 Å². The predicted octanol–water partition coefficient (Wildman–Crippen LogP) is -1.03. The number of nitrogens with zero attached hydrogens (tertiary/aromatic N) is 2. The number of H-pyrrole nitrogens is 1. The second-order valence-corrected chi connectivity index (χ2v) is 5.42. The maximum atomic E-state index is 12.1. The molecule has 0 saturated carbocycles. The molecule has 0 bridgehead atoms. The molecular weight excluding hydrogens is 276 g/mol. The molecule has 1 fully saturated rings. The molecule has 1 saturated heterocycles. The fourth-order valence-electron chi connectivity index (χ4n) is 2.54. The van der Waals surface area contributed by atoms with Gasteiger partial charge in [0.2, 0.25) is 0 Å². The molecule has 0 radical (unpaired) electrons. The van der Waals surface area contributed by atoms with Crippen molar-refractivity contribution < 1.29 is 9.84 Å². The van der Waals surface area contributed by atoms with Crippen molar-refractivity contribution in [3.8, 4) is 0 Å². The zero-order chi connectivity index (χ0) is 15.6. The summed E-state index contributed by atoms with van der Waals surface area (Å²) in [6.45, 7) is 3.49. The zero-order valence-electron chi connectivity index (χ0n) is 12.3. The van der Waals surface area contributed by atoms with Gasteiger partial charge in [0.25, 0.3) is 5.56 Å². The molecule has 1 aromatic rings. The average molecular weight is 298 g/mol. The minimum absolute atomic E-state index is 0.113. The molecule has 2 rings (SSSR count). The number of aliphatic hydroxyl groups is 1. The number of anilines is 2. The van der Waals surface area contributed by atoms with Gasteiger partial charge in [-0.2, -0.15) is 0 Å². The lowest BCUT2D eigenvalue weighted by molar-refractivity contribution is 0.103. The molecule has 0 aromatic carbocycles. The molecule has 1 aliphatic heterocycles. The highest BCUT2D eigenvalue weighted by Crippen LogP contribution is 2.24. The molecule has 1 aromatic heterocycles. The maximum absolute atomic E-state index is 12.1. The number of hydrogen-bond acceptors (Lipinski definition) is 6. The molecule has 0 aliphatic carbocycles. The molecule has 4 N–H and O–H groups in total. The number of ether oxygens (including phenoxy) is 1. The Kier molecular flexibility index (Phi) is 4.69. The van der Waals surface area contributed by atoms with Crippen LogP contribution in [0.5, 0.6) is 0 Å². The number of nitrogens with two attached hydrogens (primary N) is 1. The topological polar surface area (TPSA) is 114 Å². The van der Waals surface area contributed by atoms with E-state index in [-0.39, 0.29) is 24.0 Å². The van der Waals surface area contributed by atoms with Crippen molar-refractivity contribution in [2.24, 2.45) is 5.92 Å². The molecule has 1 aliphatic rings. The summed E-state index contributed by atoms with van der Waals surface area (Å²) in [4.78, 5) is 27.9. The van der Waals surface area contributed by atoms with Crippen LogP contribution in [0.1, 0.15) is 13.3 Å². The number of β-amino-alcohol motifs (C(OH)–C–C–N with tert-alkyl or cyclic N) is 1. The lowest BCUT2D eigenvalue weighted by Gasteiger charge is -2.35. The van der Waals surface area contributed by atoms with Crippen molar-refractivity contribution in [2.45, 2.75) is 26.0 Å². The van der Waals surface area contributed by atoms with E-state index in [0.717, 1.165) is 6.42 Å². The van der Waals surface area contributed by atoms with Gasteiger partial charge in [0, 0.05) is 20.2 Å². The number of aliphatic hydroxyl groups excluding tert-OH is 1.